The van der Waals surface area contributed by atoms with Crippen LogP contribution in [0.5, 0.6) is 0 Å². The minimum atomic E-state index is -0.391. The molecule has 0 bridgehead atoms. The summed E-state index contributed by atoms with van der Waals surface area (Å²) in [7, 11) is 0. The van der Waals surface area contributed by atoms with Crippen LogP contribution >= 0.6 is 11.3 Å². The highest BCUT2D eigenvalue weighted by Crippen LogP contribution is 2.38. The summed E-state index contributed by atoms with van der Waals surface area (Å²) in [5, 5.41) is 6.43. The van der Waals surface area contributed by atoms with Gasteiger partial charge in [0.05, 0.1) is 11.7 Å². The van der Waals surface area contributed by atoms with Crippen molar-refractivity contribution >= 4 is 28.2 Å². The Morgan fingerprint density at radius 2 is 1.89 bits per heavy atom. The molecule has 4 rings (SSSR count). The van der Waals surface area contributed by atoms with Gasteiger partial charge >= 0.3 is 0 Å². The number of aryl methyl sites for hydroxylation is 1. The first kappa shape index (κ1) is 19.1. The van der Waals surface area contributed by atoms with Gasteiger partial charge in [-0.25, -0.2) is 4.39 Å². The van der Waals surface area contributed by atoms with Gasteiger partial charge in [0.25, 0.3) is 11.8 Å². The number of carbonyl (C=O) groups is 2. The second kappa shape index (κ2) is 8.41. The average Bonchev–Trinajstić information content (AvgIpc) is 3.34. The van der Waals surface area contributed by atoms with Crippen LogP contribution in [0.1, 0.15) is 56.8 Å². The minimum Gasteiger partial charge on any atom is -0.376 e. The molecule has 2 heterocycles. The summed E-state index contributed by atoms with van der Waals surface area (Å²) in [4.78, 5) is 26.7. The Kier molecular flexibility index (Phi) is 5.73. The Balaban J connectivity index is 1.55. The molecule has 1 atom stereocenters. The van der Waals surface area contributed by atoms with Crippen LogP contribution in [-0.4, -0.2) is 31.1 Å². The van der Waals surface area contributed by atoms with Crippen molar-refractivity contribution in [3.8, 4) is 0 Å². The normalized spacial score (nSPS) is 18.5. The molecule has 1 aromatic carbocycles. The van der Waals surface area contributed by atoms with Crippen LogP contribution in [0.25, 0.3) is 0 Å². The van der Waals surface area contributed by atoms with Gasteiger partial charge in [0.1, 0.15) is 10.8 Å². The summed E-state index contributed by atoms with van der Waals surface area (Å²) >= 11 is 1.48. The number of ether oxygens (including phenoxy) is 1. The Bertz CT molecular complexity index is 873. The van der Waals surface area contributed by atoms with Crippen molar-refractivity contribution in [3.63, 3.8) is 0 Å². The van der Waals surface area contributed by atoms with Crippen LogP contribution in [-0.2, 0) is 17.6 Å². The maximum atomic E-state index is 13.1. The lowest BCUT2D eigenvalue weighted by Crippen LogP contribution is -2.32. The van der Waals surface area contributed by atoms with Crippen LogP contribution < -0.4 is 10.6 Å². The van der Waals surface area contributed by atoms with Gasteiger partial charge in [0, 0.05) is 23.6 Å². The molecule has 148 valence electrons. The second-order valence-corrected chi connectivity index (χ2v) is 8.33. The highest BCUT2D eigenvalue weighted by atomic mass is 32.1. The van der Waals surface area contributed by atoms with Crippen LogP contribution in [0.3, 0.4) is 0 Å². The molecule has 1 saturated heterocycles. The molecule has 2 aliphatic rings. The predicted octanol–water partition coefficient (Wildman–Crippen LogP) is 3.93. The SMILES string of the molecule is O=C(Nc1sc2c(c1C(=O)NC[C@@H]1CCCO1)CCCC2)c1ccc(F)cc1. The number of benzene rings is 1. The molecule has 0 saturated carbocycles. The van der Waals surface area contributed by atoms with Gasteiger partial charge in [-0.1, -0.05) is 0 Å². The maximum absolute atomic E-state index is 13.1. The van der Waals surface area contributed by atoms with E-state index in [-0.39, 0.29) is 17.9 Å². The van der Waals surface area contributed by atoms with Crippen molar-refractivity contribution < 1.29 is 18.7 Å². The average molecular weight is 402 g/mol. The van der Waals surface area contributed by atoms with Crippen LogP contribution in [0.4, 0.5) is 9.39 Å². The van der Waals surface area contributed by atoms with E-state index >= 15 is 0 Å². The third kappa shape index (κ3) is 4.10. The minimum absolute atomic E-state index is 0.0654. The highest BCUT2D eigenvalue weighted by molar-refractivity contribution is 7.17. The van der Waals surface area contributed by atoms with E-state index in [4.69, 9.17) is 4.74 Å². The van der Waals surface area contributed by atoms with E-state index in [1.165, 1.54) is 40.5 Å². The largest absolute Gasteiger partial charge is 0.376 e. The smallest absolute Gasteiger partial charge is 0.256 e. The molecular weight excluding hydrogens is 379 g/mol. The Labute approximate surface area is 167 Å². The number of anilines is 1. The van der Waals surface area contributed by atoms with Crippen molar-refractivity contribution in [1.82, 2.24) is 5.32 Å². The van der Waals surface area contributed by atoms with Gasteiger partial charge in [-0.15, -0.1) is 11.3 Å². The number of halogens is 1. The third-order valence-corrected chi connectivity index (χ3v) is 6.45. The van der Waals surface area contributed by atoms with Gasteiger partial charge < -0.3 is 15.4 Å². The van der Waals surface area contributed by atoms with E-state index in [0.29, 0.717) is 22.7 Å². The quantitative estimate of drug-likeness (QED) is 0.796. The van der Waals surface area contributed by atoms with Gasteiger partial charge in [-0.2, -0.15) is 0 Å². The number of carbonyl (C=O) groups excluding carboxylic acids is 2. The van der Waals surface area contributed by atoms with Gasteiger partial charge in [-0.05, 0) is 68.4 Å². The van der Waals surface area contributed by atoms with Crippen LogP contribution in [0.2, 0.25) is 0 Å². The second-order valence-electron chi connectivity index (χ2n) is 7.22. The highest BCUT2D eigenvalue weighted by Gasteiger charge is 2.27. The number of thiophene rings is 1. The van der Waals surface area contributed by atoms with Gasteiger partial charge in [-0.3, -0.25) is 9.59 Å². The molecule has 1 fully saturated rings. The van der Waals surface area contributed by atoms with Crippen LogP contribution in [0, 0.1) is 5.82 Å². The molecule has 1 aliphatic heterocycles. The van der Waals surface area contributed by atoms with Crippen LogP contribution in [0.15, 0.2) is 24.3 Å². The van der Waals surface area contributed by atoms with Crippen molar-refractivity contribution in [2.75, 3.05) is 18.5 Å². The maximum Gasteiger partial charge on any atom is 0.256 e. The lowest BCUT2D eigenvalue weighted by Gasteiger charge is -2.15. The summed E-state index contributed by atoms with van der Waals surface area (Å²) in [6.45, 7) is 1.22. The number of hydrogen-bond donors (Lipinski definition) is 2. The van der Waals surface area contributed by atoms with Crippen molar-refractivity contribution in [2.24, 2.45) is 0 Å². The summed E-state index contributed by atoms with van der Waals surface area (Å²) in [5.41, 5.74) is 1.99. The van der Waals surface area contributed by atoms with E-state index < -0.39 is 5.82 Å². The van der Waals surface area contributed by atoms with Crippen molar-refractivity contribution in [1.29, 1.82) is 0 Å². The zero-order valence-electron chi connectivity index (χ0n) is 15.6. The summed E-state index contributed by atoms with van der Waals surface area (Å²) < 4.78 is 18.7. The Hall–Kier alpha value is -2.25. The standard InChI is InChI=1S/C21H23FN2O3S/c22-14-9-7-13(8-10-14)19(25)24-21-18(16-5-1-2-6-17(16)28-21)20(26)23-12-15-4-3-11-27-15/h7-10,15H,1-6,11-12H2,(H,23,26)(H,24,25)/t15-/m0/s1. The first-order chi connectivity index (χ1) is 13.6. The molecule has 5 nitrogen and oxygen atoms in total. The first-order valence-corrected chi connectivity index (χ1v) is 10.5. The monoisotopic (exact) mass is 402 g/mol. The molecule has 1 aromatic heterocycles. The lowest BCUT2D eigenvalue weighted by atomic mass is 9.95. The molecule has 7 heteroatoms. The lowest BCUT2D eigenvalue weighted by molar-refractivity contribution is 0.0858. The molecule has 2 amide bonds. The molecule has 0 radical (unpaired) electrons. The zero-order chi connectivity index (χ0) is 19.5. The molecule has 28 heavy (non-hydrogen) atoms. The van der Waals surface area contributed by atoms with Gasteiger partial charge in [0.2, 0.25) is 0 Å². The summed E-state index contributed by atoms with van der Waals surface area (Å²) in [6, 6.07) is 5.39. The van der Waals surface area contributed by atoms with E-state index in [9.17, 15) is 14.0 Å². The summed E-state index contributed by atoms with van der Waals surface area (Å²) in [6.07, 6.45) is 5.95. The van der Waals surface area contributed by atoms with Crippen molar-refractivity contribution in [2.45, 2.75) is 44.6 Å². The van der Waals surface area contributed by atoms with E-state index in [0.717, 1.165) is 50.7 Å². The molecule has 0 unspecified atom stereocenters. The zero-order valence-corrected chi connectivity index (χ0v) is 16.4. The topological polar surface area (TPSA) is 67.4 Å². The van der Waals surface area contributed by atoms with Gasteiger partial charge in [0.15, 0.2) is 0 Å². The third-order valence-electron chi connectivity index (χ3n) is 5.25. The number of rotatable bonds is 5. The first-order valence-electron chi connectivity index (χ1n) is 9.73. The number of fused-ring (bicyclic) bond motifs is 1. The number of nitrogens with one attached hydrogen (secondary N) is 2. The molecule has 0 spiro atoms. The fourth-order valence-corrected chi connectivity index (χ4v) is 5.05. The Morgan fingerprint density at radius 1 is 1.11 bits per heavy atom. The molecule has 2 N–H and O–H groups in total. The Morgan fingerprint density at radius 3 is 2.64 bits per heavy atom. The molecule has 2 aromatic rings. The summed E-state index contributed by atoms with van der Waals surface area (Å²) in [5.74, 6) is -0.895. The van der Waals surface area contributed by atoms with E-state index in [1.54, 1.807) is 0 Å². The number of hydrogen-bond acceptors (Lipinski definition) is 4. The fraction of sp³-hybridized carbons (Fsp3) is 0.429. The number of amides is 2. The predicted molar refractivity (Wildman–Crippen MR) is 107 cm³/mol. The molecular formula is C21H23FN2O3S. The van der Waals surface area contributed by atoms with Crippen molar-refractivity contribution in [3.05, 3.63) is 51.7 Å². The molecule has 1 aliphatic carbocycles. The van der Waals surface area contributed by atoms with E-state index in [1.807, 2.05) is 0 Å². The van der Waals surface area contributed by atoms with E-state index in [2.05, 4.69) is 10.6 Å². The fourth-order valence-electron chi connectivity index (χ4n) is 3.77.